The number of hydrogen-bond donors (Lipinski definition) is 2. The molecule has 0 radical (unpaired) electrons. The zero-order valence-electron chi connectivity index (χ0n) is 7.21. The predicted molar refractivity (Wildman–Crippen MR) is 45.9 cm³/mol. The highest BCUT2D eigenvalue weighted by atomic mass is 19.4. The molecule has 15 heavy (non-hydrogen) atoms. The number of nitro groups is 1. The first-order valence-electron chi connectivity index (χ1n) is 3.68. The molecular formula is C7H6F3N3O2. The molecule has 1 aromatic carbocycles. The maximum atomic E-state index is 12.2. The molecular weight excluding hydrogens is 215 g/mol. The molecule has 82 valence electrons. The summed E-state index contributed by atoms with van der Waals surface area (Å²) in [5.74, 6) is 4.91. The quantitative estimate of drug-likeness (QED) is 0.454. The van der Waals surface area contributed by atoms with E-state index in [9.17, 15) is 23.3 Å². The van der Waals surface area contributed by atoms with Crippen molar-refractivity contribution in [3.8, 4) is 0 Å². The van der Waals surface area contributed by atoms with Gasteiger partial charge in [0.15, 0.2) is 0 Å². The Hall–Kier alpha value is -1.83. The third kappa shape index (κ3) is 2.34. The zero-order valence-corrected chi connectivity index (χ0v) is 7.21. The number of benzene rings is 1. The molecule has 0 unspecified atom stereocenters. The topological polar surface area (TPSA) is 81.2 Å². The van der Waals surface area contributed by atoms with Crippen LogP contribution in [0.1, 0.15) is 5.56 Å². The molecule has 0 bridgehead atoms. The molecule has 0 aliphatic heterocycles. The number of nitrogens with zero attached hydrogens (tertiary/aromatic N) is 1. The minimum Gasteiger partial charge on any atom is -0.318 e. The van der Waals surface area contributed by atoms with Crippen molar-refractivity contribution in [3.63, 3.8) is 0 Å². The Bertz CT molecular complexity index is 392. The fourth-order valence-electron chi connectivity index (χ4n) is 0.981. The van der Waals surface area contributed by atoms with E-state index in [0.717, 1.165) is 6.07 Å². The van der Waals surface area contributed by atoms with Crippen molar-refractivity contribution in [2.45, 2.75) is 6.18 Å². The van der Waals surface area contributed by atoms with Gasteiger partial charge in [-0.05, 0) is 12.1 Å². The number of hydrazine groups is 1. The summed E-state index contributed by atoms with van der Waals surface area (Å²) in [5.41, 5.74) is -0.0317. The fourth-order valence-corrected chi connectivity index (χ4v) is 0.981. The number of nitrogen functional groups attached to an aromatic ring is 1. The van der Waals surface area contributed by atoms with Gasteiger partial charge in [-0.2, -0.15) is 13.2 Å². The van der Waals surface area contributed by atoms with Crippen LogP contribution < -0.4 is 11.3 Å². The van der Waals surface area contributed by atoms with Gasteiger partial charge in [0.05, 0.1) is 10.5 Å². The van der Waals surface area contributed by atoms with Gasteiger partial charge in [-0.25, -0.2) is 0 Å². The van der Waals surface area contributed by atoms with Crippen LogP contribution in [-0.4, -0.2) is 4.92 Å². The van der Waals surface area contributed by atoms with Gasteiger partial charge in [-0.3, -0.25) is 16.0 Å². The SMILES string of the molecule is NNc1ccc(C(F)(F)F)cc1[N+](=O)[O-]. The molecule has 0 aliphatic rings. The minimum atomic E-state index is -4.61. The normalized spacial score (nSPS) is 11.2. The first kappa shape index (κ1) is 11.2. The summed E-state index contributed by atoms with van der Waals surface area (Å²) in [6, 6.07) is 2.04. The van der Waals surface area contributed by atoms with Gasteiger partial charge in [0.25, 0.3) is 5.69 Å². The lowest BCUT2D eigenvalue weighted by molar-refractivity contribution is -0.384. The first-order chi connectivity index (χ1) is 6.86. The molecule has 0 spiro atoms. The number of nitrogens with two attached hydrogens (primary N) is 1. The van der Waals surface area contributed by atoms with E-state index in [1.54, 1.807) is 0 Å². The minimum absolute atomic E-state index is 0.173. The molecule has 0 saturated heterocycles. The van der Waals surface area contributed by atoms with Gasteiger partial charge in [-0.15, -0.1) is 0 Å². The summed E-state index contributed by atoms with van der Waals surface area (Å²) in [7, 11) is 0. The average molecular weight is 221 g/mol. The summed E-state index contributed by atoms with van der Waals surface area (Å²) < 4.78 is 36.6. The van der Waals surface area contributed by atoms with E-state index < -0.39 is 22.4 Å². The van der Waals surface area contributed by atoms with E-state index in [2.05, 4.69) is 0 Å². The molecule has 0 aromatic heterocycles. The van der Waals surface area contributed by atoms with Gasteiger partial charge < -0.3 is 5.43 Å². The van der Waals surface area contributed by atoms with Crippen molar-refractivity contribution >= 4 is 11.4 Å². The molecule has 0 aliphatic carbocycles. The summed E-state index contributed by atoms with van der Waals surface area (Å²) in [6.07, 6.45) is -4.61. The van der Waals surface area contributed by atoms with Crippen LogP contribution >= 0.6 is 0 Å². The number of nitro benzene ring substituents is 1. The second-order valence-corrected chi connectivity index (χ2v) is 2.63. The van der Waals surface area contributed by atoms with Crippen molar-refractivity contribution < 1.29 is 18.1 Å². The molecule has 0 fully saturated rings. The lowest BCUT2D eigenvalue weighted by Gasteiger charge is -2.07. The van der Waals surface area contributed by atoms with Crippen LogP contribution in [0.2, 0.25) is 0 Å². The summed E-state index contributed by atoms with van der Waals surface area (Å²) in [5, 5.41) is 10.4. The standard InChI is InChI=1S/C7H6F3N3O2/c8-7(9,10)4-1-2-5(12-11)6(3-4)13(14)15/h1-3,12H,11H2. The molecule has 1 rings (SSSR count). The van der Waals surface area contributed by atoms with Gasteiger partial charge >= 0.3 is 6.18 Å². The second-order valence-electron chi connectivity index (χ2n) is 2.63. The molecule has 0 atom stereocenters. The van der Waals surface area contributed by atoms with Crippen molar-refractivity contribution in [2.75, 3.05) is 5.43 Å². The average Bonchev–Trinajstić information content (AvgIpc) is 2.15. The third-order valence-electron chi connectivity index (χ3n) is 1.68. The number of anilines is 1. The van der Waals surface area contributed by atoms with Gasteiger partial charge in [0, 0.05) is 6.07 Å². The Morgan fingerprint density at radius 3 is 2.40 bits per heavy atom. The number of hydrogen-bond acceptors (Lipinski definition) is 4. The Morgan fingerprint density at radius 2 is 2.00 bits per heavy atom. The summed E-state index contributed by atoms with van der Waals surface area (Å²) >= 11 is 0. The molecule has 5 nitrogen and oxygen atoms in total. The monoisotopic (exact) mass is 221 g/mol. The highest BCUT2D eigenvalue weighted by molar-refractivity contribution is 5.62. The van der Waals surface area contributed by atoms with E-state index in [1.807, 2.05) is 5.43 Å². The maximum absolute atomic E-state index is 12.2. The Labute approximate surface area is 81.8 Å². The molecule has 0 saturated carbocycles. The van der Waals surface area contributed by atoms with Crippen molar-refractivity contribution in [1.82, 2.24) is 0 Å². The lowest BCUT2D eigenvalue weighted by Crippen LogP contribution is -2.11. The number of nitrogens with one attached hydrogen (secondary N) is 1. The van der Waals surface area contributed by atoms with Crippen molar-refractivity contribution in [1.29, 1.82) is 0 Å². The van der Waals surface area contributed by atoms with Crippen LogP contribution in [0.3, 0.4) is 0 Å². The summed E-state index contributed by atoms with van der Waals surface area (Å²) in [6.45, 7) is 0. The Balaban J connectivity index is 3.28. The van der Waals surface area contributed by atoms with Crippen LogP contribution in [-0.2, 0) is 6.18 Å². The largest absolute Gasteiger partial charge is 0.416 e. The third-order valence-corrected chi connectivity index (χ3v) is 1.68. The van der Waals surface area contributed by atoms with E-state index in [0.29, 0.717) is 12.1 Å². The van der Waals surface area contributed by atoms with E-state index in [-0.39, 0.29) is 5.69 Å². The smallest absolute Gasteiger partial charge is 0.318 e. The highest BCUT2D eigenvalue weighted by Gasteiger charge is 2.32. The molecule has 8 heteroatoms. The Morgan fingerprint density at radius 1 is 1.40 bits per heavy atom. The molecule has 0 amide bonds. The number of halogens is 3. The number of alkyl halides is 3. The Kier molecular flexibility index (Phi) is 2.80. The van der Waals surface area contributed by atoms with Crippen LogP contribution in [0, 0.1) is 10.1 Å². The number of rotatable bonds is 2. The maximum Gasteiger partial charge on any atom is 0.416 e. The van der Waals surface area contributed by atoms with Crippen LogP contribution in [0.4, 0.5) is 24.5 Å². The fraction of sp³-hybridized carbons (Fsp3) is 0.143. The van der Waals surface area contributed by atoms with Crippen molar-refractivity contribution in [2.24, 2.45) is 5.84 Å². The lowest BCUT2D eigenvalue weighted by atomic mass is 10.1. The zero-order chi connectivity index (χ0) is 11.6. The van der Waals surface area contributed by atoms with Gasteiger partial charge in [-0.1, -0.05) is 0 Å². The molecule has 3 N–H and O–H groups in total. The highest BCUT2D eigenvalue weighted by Crippen LogP contribution is 2.34. The molecule has 0 heterocycles. The van der Waals surface area contributed by atoms with E-state index >= 15 is 0 Å². The van der Waals surface area contributed by atoms with Crippen LogP contribution in [0.5, 0.6) is 0 Å². The van der Waals surface area contributed by atoms with E-state index in [4.69, 9.17) is 5.84 Å². The second kappa shape index (κ2) is 3.73. The van der Waals surface area contributed by atoms with Gasteiger partial charge in [0.2, 0.25) is 0 Å². The van der Waals surface area contributed by atoms with Crippen LogP contribution in [0.25, 0.3) is 0 Å². The van der Waals surface area contributed by atoms with Crippen molar-refractivity contribution in [3.05, 3.63) is 33.9 Å². The summed E-state index contributed by atoms with van der Waals surface area (Å²) in [4.78, 5) is 9.46. The predicted octanol–water partition coefficient (Wildman–Crippen LogP) is 1.90. The van der Waals surface area contributed by atoms with Crippen LogP contribution in [0.15, 0.2) is 18.2 Å². The first-order valence-corrected chi connectivity index (χ1v) is 3.68. The molecule has 1 aromatic rings. The van der Waals surface area contributed by atoms with E-state index in [1.165, 1.54) is 0 Å². The van der Waals surface area contributed by atoms with Gasteiger partial charge in [0.1, 0.15) is 5.69 Å².